The Morgan fingerprint density at radius 1 is 1.27 bits per heavy atom. The van der Waals surface area contributed by atoms with E-state index in [1.165, 1.54) is 25.7 Å². The smallest absolute Gasteiger partial charge is 0.227 e. The zero-order valence-corrected chi connectivity index (χ0v) is 14.6. The first-order valence-corrected chi connectivity index (χ1v) is 9.03. The van der Waals surface area contributed by atoms with Gasteiger partial charge in [-0.2, -0.15) is 0 Å². The van der Waals surface area contributed by atoms with Gasteiger partial charge in [-0.25, -0.2) is 0 Å². The van der Waals surface area contributed by atoms with E-state index in [-0.39, 0.29) is 16.7 Å². The standard InChI is InChI=1S/C18H33N3O/c1-16(2,3)18(12-19)8-10-21(13-18)15(22)14-11-20-9-7-17(14)5-4-6-17/h14,20H,4-13,19H2,1-3H3. The zero-order chi connectivity index (χ0) is 16.0. The highest BCUT2D eigenvalue weighted by atomic mass is 16.2. The average molecular weight is 307 g/mol. The highest BCUT2D eigenvalue weighted by Gasteiger charge is 2.52. The lowest BCUT2D eigenvalue weighted by Gasteiger charge is -2.51. The van der Waals surface area contributed by atoms with Gasteiger partial charge in [0.2, 0.25) is 5.91 Å². The Balaban J connectivity index is 1.74. The van der Waals surface area contributed by atoms with Gasteiger partial charge in [0.15, 0.2) is 0 Å². The molecule has 0 aromatic heterocycles. The van der Waals surface area contributed by atoms with E-state index in [4.69, 9.17) is 5.73 Å². The summed E-state index contributed by atoms with van der Waals surface area (Å²) in [5.41, 5.74) is 6.68. The second-order valence-corrected chi connectivity index (χ2v) is 8.97. The quantitative estimate of drug-likeness (QED) is 0.820. The molecule has 3 N–H and O–H groups in total. The lowest BCUT2D eigenvalue weighted by Crippen LogP contribution is -2.56. The van der Waals surface area contributed by atoms with Crippen molar-refractivity contribution < 1.29 is 4.79 Å². The average Bonchev–Trinajstić information content (AvgIpc) is 2.90. The monoisotopic (exact) mass is 307 g/mol. The number of carbonyl (C=O) groups excluding carboxylic acids is 1. The van der Waals surface area contributed by atoms with Gasteiger partial charge in [0.25, 0.3) is 0 Å². The summed E-state index contributed by atoms with van der Waals surface area (Å²) in [5.74, 6) is 0.593. The van der Waals surface area contributed by atoms with Crippen molar-refractivity contribution in [3.63, 3.8) is 0 Å². The molecule has 22 heavy (non-hydrogen) atoms. The molecule has 1 amide bonds. The Morgan fingerprint density at radius 2 is 2.00 bits per heavy atom. The summed E-state index contributed by atoms with van der Waals surface area (Å²) in [6.07, 6.45) is 6.03. The topological polar surface area (TPSA) is 58.4 Å². The molecule has 0 radical (unpaired) electrons. The van der Waals surface area contributed by atoms with Gasteiger partial charge in [0.05, 0.1) is 5.92 Å². The van der Waals surface area contributed by atoms with Crippen LogP contribution in [0.2, 0.25) is 0 Å². The molecule has 1 saturated carbocycles. The molecule has 2 atom stereocenters. The predicted molar refractivity (Wildman–Crippen MR) is 89.4 cm³/mol. The van der Waals surface area contributed by atoms with E-state index in [0.717, 1.165) is 32.6 Å². The molecule has 2 aliphatic heterocycles. The third kappa shape index (κ3) is 2.39. The summed E-state index contributed by atoms with van der Waals surface area (Å²) in [7, 11) is 0. The normalized spacial score (nSPS) is 34.7. The molecule has 3 fully saturated rings. The molecule has 3 rings (SSSR count). The number of likely N-dealkylation sites (tertiary alicyclic amines) is 1. The maximum absolute atomic E-state index is 13.2. The second kappa shape index (κ2) is 5.48. The minimum Gasteiger partial charge on any atom is -0.342 e. The number of rotatable bonds is 2. The van der Waals surface area contributed by atoms with Gasteiger partial charge in [0, 0.05) is 31.6 Å². The van der Waals surface area contributed by atoms with Crippen LogP contribution in [0.1, 0.15) is 52.9 Å². The highest BCUT2D eigenvalue weighted by Crippen LogP contribution is 2.52. The number of nitrogens with one attached hydrogen (secondary N) is 1. The first kappa shape index (κ1) is 16.3. The van der Waals surface area contributed by atoms with Gasteiger partial charge in [0.1, 0.15) is 0 Å². The number of hydrogen-bond acceptors (Lipinski definition) is 3. The fourth-order valence-electron chi connectivity index (χ4n) is 4.92. The summed E-state index contributed by atoms with van der Waals surface area (Å²) < 4.78 is 0. The first-order valence-electron chi connectivity index (χ1n) is 9.03. The van der Waals surface area contributed by atoms with Crippen molar-refractivity contribution >= 4 is 5.91 Å². The van der Waals surface area contributed by atoms with Crippen LogP contribution in [0.3, 0.4) is 0 Å². The molecule has 2 saturated heterocycles. The van der Waals surface area contributed by atoms with Crippen LogP contribution in [0.15, 0.2) is 0 Å². The molecule has 3 aliphatic rings. The van der Waals surface area contributed by atoms with Crippen molar-refractivity contribution in [1.82, 2.24) is 10.2 Å². The lowest BCUT2D eigenvalue weighted by atomic mass is 9.57. The Morgan fingerprint density at radius 3 is 2.50 bits per heavy atom. The summed E-state index contributed by atoms with van der Waals surface area (Å²) >= 11 is 0. The zero-order valence-electron chi connectivity index (χ0n) is 14.6. The summed E-state index contributed by atoms with van der Waals surface area (Å²) in [6, 6.07) is 0. The van der Waals surface area contributed by atoms with Gasteiger partial charge < -0.3 is 16.0 Å². The van der Waals surface area contributed by atoms with Crippen LogP contribution in [-0.4, -0.2) is 43.5 Å². The van der Waals surface area contributed by atoms with Gasteiger partial charge in [-0.05, 0) is 43.1 Å². The molecule has 0 bridgehead atoms. The second-order valence-electron chi connectivity index (χ2n) is 8.97. The van der Waals surface area contributed by atoms with Gasteiger partial charge in [-0.1, -0.05) is 27.2 Å². The molecule has 126 valence electrons. The molecule has 1 spiro atoms. The van der Waals surface area contributed by atoms with Crippen LogP contribution in [0.4, 0.5) is 0 Å². The van der Waals surface area contributed by atoms with Gasteiger partial charge in [-0.15, -0.1) is 0 Å². The summed E-state index contributed by atoms with van der Waals surface area (Å²) in [4.78, 5) is 15.3. The number of piperidine rings is 1. The van der Waals surface area contributed by atoms with E-state index in [9.17, 15) is 4.79 Å². The third-order valence-corrected chi connectivity index (χ3v) is 7.18. The summed E-state index contributed by atoms with van der Waals surface area (Å²) in [5, 5.41) is 3.46. The molecule has 1 aliphatic carbocycles. The van der Waals surface area contributed by atoms with E-state index in [1.54, 1.807) is 0 Å². The Hall–Kier alpha value is -0.610. The largest absolute Gasteiger partial charge is 0.342 e. The maximum atomic E-state index is 13.2. The van der Waals surface area contributed by atoms with Crippen LogP contribution < -0.4 is 11.1 Å². The van der Waals surface area contributed by atoms with E-state index in [2.05, 4.69) is 31.0 Å². The van der Waals surface area contributed by atoms with Crippen LogP contribution >= 0.6 is 0 Å². The number of carbonyl (C=O) groups is 1. The van der Waals surface area contributed by atoms with Crippen molar-refractivity contribution in [2.75, 3.05) is 32.7 Å². The van der Waals surface area contributed by atoms with Crippen LogP contribution in [0.25, 0.3) is 0 Å². The van der Waals surface area contributed by atoms with Gasteiger partial charge in [-0.3, -0.25) is 4.79 Å². The molecule has 4 nitrogen and oxygen atoms in total. The van der Waals surface area contributed by atoms with Crippen molar-refractivity contribution in [1.29, 1.82) is 0 Å². The van der Waals surface area contributed by atoms with Crippen molar-refractivity contribution in [2.45, 2.75) is 52.9 Å². The van der Waals surface area contributed by atoms with Crippen LogP contribution in [0.5, 0.6) is 0 Å². The van der Waals surface area contributed by atoms with E-state index in [1.807, 2.05) is 0 Å². The van der Waals surface area contributed by atoms with Crippen molar-refractivity contribution in [2.24, 2.45) is 27.9 Å². The number of nitrogens with zero attached hydrogens (tertiary/aromatic N) is 1. The van der Waals surface area contributed by atoms with Gasteiger partial charge >= 0.3 is 0 Å². The maximum Gasteiger partial charge on any atom is 0.227 e. The van der Waals surface area contributed by atoms with Crippen molar-refractivity contribution in [3.8, 4) is 0 Å². The van der Waals surface area contributed by atoms with E-state index >= 15 is 0 Å². The van der Waals surface area contributed by atoms with Crippen LogP contribution in [-0.2, 0) is 4.79 Å². The SMILES string of the molecule is CC(C)(C)C1(CN)CCN(C(=O)C2CNCCC23CCC3)C1. The fraction of sp³-hybridized carbons (Fsp3) is 0.944. The van der Waals surface area contributed by atoms with E-state index in [0.29, 0.717) is 17.9 Å². The minimum atomic E-state index is 0.0809. The Bertz CT molecular complexity index is 438. The highest BCUT2D eigenvalue weighted by molar-refractivity contribution is 5.80. The lowest BCUT2D eigenvalue weighted by molar-refractivity contribution is -0.144. The molecule has 0 aromatic carbocycles. The summed E-state index contributed by atoms with van der Waals surface area (Å²) in [6.45, 7) is 11.2. The number of nitrogens with two attached hydrogens (primary N) is 1. The fourth-order valence-corrected chi connectivity index (χ4v) is 4.92. The molecular weight excluding hydrogens is 274 g/mol. The van der Waals surface area contributed by atoms with E-state index < -0.39 is 0 Å². The van der Waals surface area contributed by atoms with Crippen molar-refractivity contribution in [3.05, 3.63) is 0 Å². The minimum absolute atomic E-state index is 0.0809. The Kier molecular flexibility index (Phi) is 4.05. The molecule has 2 heterocycles. The predicted octanol–water partition coefficient (Wildman–Crippen LogP) is 1.99. The molecule has 0 aromatic rings. The number of hydrogen-bond donors (Lipinski definition) is 2. The molecule has 4 heteroatoms. The molecule has 2 unspecified atom stereocenters. The Labute approximate surface area is 135 Å². The molecular formula is C18H33N3O. The number of amides is 1. The van der Waals surface area contributed by atoms with Crippen LogP contribution in [0, 0.1) is 22.2 Å². The first-order chi connectivity index (χ1) is 10.3. The third-order valence-electron chi connectivity index (χ3n) is 7.18.